The molecule has 1 N–H and O–H groups in total. The Kier molecular flexibility index (Phi) is 16.6. The molecule has 0 spiro atoms. The monoisotopic (exact) mass is 331 g/mol. The van der Waals surface area contributed by atoms with Crippen LogP contribution in [0.3, 0.4) is 0 Å². The van der Waals surface area contributed by atoms with Crippen LogP contribution in [0.5, 0.6) is 0 Å². The van der Waals surface area contributed by atoms with Crippen molar-refractivity contribution in [1.29, 1.82) is 0 Å². The zero-order chi connectivity index (χ0) is 17.9. The lowest BCUT2D eigenvalue weighted by Gasteiger charge is -2.01. The Morgan fingerprint density at radius 3 is 1.96 bits per heavy atom. The second-order valence-corrected chi connectivity index (χ2v) is 6.40. The summed E-state index contributed by atoms with van der Waals surface area (Å²) in [7, 11) is 0. The SMILES string of the molecule is C=C(C)C(=O)NC=CC=CC=CCCCCCCCCCCCC. The van der Waals surface area contributed by atoms with E-state index in [4.69, 9.17) is 0 Å². The summed E-state index contributed by atoms with van der Waals surface area (Å²) in [5.74, 6) is -0.142. The highest BCUT2D eigenvalue weighted by Crippen LogP contribution is 2.11. The fraction of sp³-hybridized carbons (Fsp3) is 0.591. The molecule has 0 aromatic heterocycles. The molecular weight excluding hydrogens is 294 g/mol. The van der Waals surface area contributed by atoms with Crippen molar-refractivity contribution in [2.75, 3.05) is 0 Å². The zero-order valence-electron chi connectivity index (χ0n) is 15.9. The van der Waals surface area contributed by atoms with E-state index in [1.54, 1.807) is 13.1 Å². The lowest BCUT2D eigenvalue weighted by molar-refractivity contribution is -0.116. The van der Waals surface area contributed by atoms with Crippen molar-refractivity contribution in [2.45, 2.75) is 84.5 Å². The van der Waals surface area contributed by atoms with Crippen molar-refractivity contribution in [3.8, 4) is 0 Å². The first-order valence-corrected chi connectivity index (χ1v) is 9.63. The van der Waals surface area contributed by atoms with Gasteiger partial charge in [0.05, 0.1) is 0 Å². The van der Waals surface area contributed by atoms with Gasteiger partial charge >= 0.3 is 0 Å². The molecule has 0 bridgehead atoms. The summed E-state index contributed by atoms with van der Waals surface area (Å²) in [5, 5.41) is 2.64. The highest BCUT2D eigenvalue weighted by atomic mass is 16.1. The van der Waals surface area contributed by atoms with Crippen LogP contribution in [-0.4, -0.2) is 5.91 Å². The van der Waals surface area contributed by atoms with Crippen LogP contribution in [0.15, 0.2) is 48.7 Å². The van der Waals surface area contributed by atoms with Crippen molar-refractivity contribution in [2.24, 2.45) is 0 Å². The predicted octanol–water partition coefficient (Wildman–Crippen LogP) is 6.62. The number of carbonyl (C=O) groups is 1. The average Bonchev–Trinajstić information content (AvgIpc) is 2.57. The highest BCUT2D eigenvalue weighted by Gasteiger charge is 1.95. The number of allylic oxidation sites excluding steroid dienone is 5. The average molecular weight is 332 g/mol. The van der Waals surface area contributed by atoms with Crippen LogP contribution in [0.4, 0.5) is 0 Å². The molecule has 0 fully saturated rings. The van der Waals surface area contributed by atoms with Crippen LogP contribution in [0.2, 0.25) is 0 Å². The number of hydrogen-bond donors (Lipinski definition) is 1. The van der Waals surface area contributed by atoms with E-state index >= 15 is 0 Å². The summed E-state index contributed by atoms with van der Waals surface area (Å²) in [6.45, 7) is 7.53. The maximum Gasteiger partial charge on any atom is 0.250 e. The van der Waals surface area contributed by atoms with Crippen molar-refractivity contribution < 1.29 is 4.79 Å². The Labute approximate surface area is 149 Å². The molecule has 2 nitrogen and oxygen atoms in total. The van der Waals surface area contributed by atoms with Gasteiger partial charge in [0.2, 0.25) is 5.91 Å². The lowest BCUT2D eigenvalue weighted by atomic mass is 10.1. The molecule has 0 heterocycles. The number of carbonyl (C=O) groups excluding carboxylic acids is 1. The summed E-state index contributed by atoms with van der Waals surface area (Å²) >= 11 is 0. The van der Waals surface area contributed by atoms with Gasteiger partial charge in [0.25, 0.3) is 0 Å². The molecule has 0 saturated carbocycles. The molecule has 24 heavy (non-hydrogen) atoms. The topological polar surface area (TPSA) is 29.1 Å². The summed E-state index contributed by atoms with van der Waals surface area (Å²) in [6.07, 6.45) is 26.6. The maximum absolute atomic E-state index is 11.2. The van der Waals surface area contributed by atoms with Crippen molar-refractivity contribution in [3.63, 3.8) is 0 Å². The molecule has 0 aliphatic carbocycles. The Hall–Kier alpha value is -1.57. The van der Waals surface area contributed by atoms with Crippen LogP contribution in [0.1, 0.15) is 84.5 Å². The van der Waals surface area contributed by atoms with Gasteiger partial charge in [-0.1, -0.05) is 95.6 Å². The van der Waals surface area contributed by atoms with E-state index in [0.29, 0.717) is 5.57 Å². The molecule has 0 radical (unpaired) electrons. The zero-order valence-corrected chi connectivity index (χ0v) is 15.9. The molecule has 0 aromatic rings. The standard InChI is InChI=1S/C22H37NO/c1-4-5-6-7-8-9-10-11-12-13-14-15-16-17-18-19-20-23-22(24)21(2)3/h15-20H,2,4-14H2,1,3H3,(H,23,24). The summed E-state index contributed by atoms with van der Waals surface area (Å²) in [5.41, 5.74) is 0.514. The van der Waals surface area contributed by atoms with Gasteiger partial charge in [0.1, 0.15) is 0 Å². The van der Waals surface area contributed by atoms with E-state index in [1.165, 1.54) is 64.2 Å². The van der Waals surface area contributed by atoms with E-state index in [0.717, 1.165) is 6.42 Å². The first-order valence-electron chi connectivity index (χ1n) is 9.63. The van der Waals surface area contributed by atoms with Crippen molar-refractivity contribution >= 4 is 5.91 Å². The van der Waals surface area contributed by atoms with Gasteiger partial charge in [0, 0.05) is 11.8 Å². The molecule has 0 unspecified atom stereocenters. The third-order valence-corrected chi connectivity index (χ3v) is 3.89. The van der Waals surface area contributed by atoms with E-state index < -0.39 is 0 Å². The number of nitrogens with one attached hydrogen (secondary N) is 1. The van der Waals surface area contributed by atoms with Gasteiger partial charge < -0.3 is 5.32 Å². The first-order chi connectivity index (χ1) is 11.7. The van der Waals surface area contributed by atoms with Gasteiger partial charge in [-0.15, -0.1) is 0 Å². The summed E-state index contributed by atoms with van der Waals surface area (Å²) < 4.78 is 0. The molecule has 0 saturated heterocycles. The minimum Gasteiger partial charge on any atom is -0.329 e. The third-order valence-electron chi connectivity index (χ3n) is 3.89. The van der Waals surface area contributed by atoms with E-state index in [9.17, 15) is 4.79 Å². The first kappa shape index (κ1) is 22.4. The third kappa shape index (κ3) is 16.8. The summed E-state index contributed by atoms with van der Waals surface area (Å²) in [6, 6.07) is 0. The van der Waals surface area contributed by atoms with Gasteiger partial charge in [-0.3, -0.25) is 4.79 Å². The fourth-order valence-electron chi connectivity index (χ4n) is 2.36. The fourth-order valence-corrected chi connectivity index (χ4v) is 2.36. The van der Waals surface area contributed by atoms with Crippen LogP contribution >= 0.6 is 0 Å². The van der Waals surface area contributed by atoms with Crippen LogP contribution in [0, 0.1) is 0 Å². The quantitative estimate of drug-likeness (QED) is 0.204. The van der Waals surface area contributed by atoms with E-state index in [-0.39, 0.29) is 5.91 Å². The minimum atomic E-state index is -0.142. The van der Waals surface area contributed by atoms with Gasteiger partial charge in [-0.25, -0.2) is 0 Å². The van der Waals surface area contributed by atoms with Crippen LogP contribution in [-0.2, 0) is 4.79 Å². The maximum atomic E-state index is 11.2. The van der Waals surface area contributed by atoms with Gasteiger partial charge in [-0.2, -0.15) is 0 Å². The Balaban J connectivity index is 3.37. The second kappa shape index (κ2) is 17.8. The molecule has 2 heteroatoms. The molecular formula is C22H37NO. The molecule has 0 rings (SSSR count). The Morgan fingerprint density at radius 2 is 1.38 bits per heavy atom. The Bertz CT molecular complexity index is 404. The molecule has 136 valence electrons. The number of unbranched alkanes of at least 4 members (excludes halogenated alkanes) is 10. The lowest BCUT2D eigenvalue weighted by Crippen LogP contribution is -2.16. The number of hydrogen-bond acceptors (Lipinski definition) is 1. The second-order valence-electron chi connectivity index (χ2n) is 6.40. The predicted molar refractivity (Wildman–Crippen MR) is 107 cm³/mol. The van der Waals surface area contributed by atoms with Crippen molar-refractivity contribution in [3.05, 3.63) is 48.7 Å². The number of amides is 1. The molecule has 0 aliphatic rings. The van der Waals surface area contributed by atoms with Crippen LogP contribution < -0.4 is 5.32 Å². The van der Waals surface area contributed by atoms with Crippen molar-refractivity contribution in [1.82, 2.24) is 5.32 Å². The smallest absolute Gasteiger partial charge is 0.250 e. The molecule has 0 atom stereocenters. The molecule has 0 aromatic carbocycles. The normalized spacial score (nSPS) is 11.8. The largest absolute Gasteiger partial charge is 0.329 e. The minimum absolute atomic E-state index is 0.142. The van der Waals surface area contributed by atoms with Gasteiger partial charge in [-0.05, 0) is 25.8 Å². The Morgan fingerprint density at radius 1 is 0.833 bits per heavy atom. The van der Waals surface area contributed by atoms with Gasteiger partial charge in [0.15, 0.2) is 0 Å². The number of rotatable bonds is 15. The summed E-state index contributed by atoms with van der Waals surface area (Å²) in [4.78, 5) is 11.2. The highest BCUT2D eigenvalue weighted by molar-refractivity contribution is 5.92. The molecule has 1 amide bonds. The van der Waals surface area contributed by atoms with E-state index in [1.807, 2.05) is 18.2 Å². The van der Waals surface area contributed by atoms with E-state index in [2.05, 4.69) is 31.0 Å². The molecule has 0 aliphatic heterocycles. The van der Waals surface area contributed by atoms with Crippen LogP contribution in [0.25, 0.3) is 0 Å².